The number of aromatic nitrogens is 5. The Labute approximate surface area is 322 Å². The van der Waals surface area contributed by atoms with Gasteiger partial charge < -0.3 is 0 Å². The van der Waals surface area contributed by atoms with Gasteiger partial charge in [0, 0.05) is 34.6 Å². The molecule has 5 heteroatoms. The van der Waals surface area contributed by atoms with Gasteiger partial charge in [0.2, 0.25) is 0 Å². The summed E-state index contributed by atoms with van der Waals surface area (Å²) in [7, 11) is 0. The lowest BCUT2D eigenvalue weighted by molar-refractivity contribution is 1.08. The summed E-state index contributed by atoms with van der Waals surface area (Å²) in [6.45, 7) is 0. The third-order valence-corrected chi connectivity index (χ3v) is 10.8. The van der Waals surface area contributed by atoms with Crippen molar-refractivity contribution in [2.75, 3.05) is 0 Å². The fraction of sp³-hybridized carbons (Fsp3) is 0. The van der Waals surface area contributed by atoms with E-state index >= 15 is 0 Å². The molecule has 0 aliphatic heterocycles. The first-order chi connectivity index (χ1) is 27.8. The Morgan fingerprint density at radius 2 is 0.643 bits per heavy atom. The smallest absolute Gasteiger partial charge is 0.165 e. The first-order valence-corrected chi connectivity index (χ1v) is 18.8. The molecule has 0 unspecified atom stereocenters. The summed E-state index contributed by atoms with van der Waals surface area (Å²) in [4.78, 5) is 25.4. The second kappa shape index (κ2) is 13.0. The van der Waals surface area contributed by atoms with Crippen LogP contribution in [0.3, 0.4) is 0 Å². The number of nitrogens with zero attached hydrogens (tertiary/aromatic N) is 5. The van der Waals surface area contributed by atoms with Crippen molar-refractivity contribution in [1.29, 1.82) is 0 Å². The lowest BCUT2D eigenvalue weighted by atomic mass is 9.89. The number of hydrogen-bond donors (Lipinski definition) is 0. The molecule has 0 radical (unpaired) electrons. The summed E-state index contributed by atoms with van der Waals surface area (Å²) < 4.78 is 0. The predicted molar refractivity (Wildman–Crippen MR) is 230 cm³/mol. The highest BCUT2D eigenvalue weighted by Gasteiger charge is 2.22. The van der Waals surface area contributed by atoms with Crippen molar-refractivity contribution in [3.8, 4) is 56.7 Å². The molecule has 0 saturated carbocycles. The molecule has 2 aromatic heterocycles. The van der Waals surface area contributed by atoms with E-state index in [1.807, 2.05) is 30.3 Å². The molecule has 0 aliphatic rings. The van der Waals surface area contributed by atoms with Crippen molar-refractivity contribution < 1.29 is 0 Å². The van der Waals surface area contributed by atoms with Crippen LogP contribution in [0.25, 0.3) is 111 Å². The van der Waals surface area contributed by atoms with Crippen LogP contribution in [0.1, 0.15) is 0 Å². The van der Waals surface area contributed by atoms with Crippen LogP contribution in [-0.4, -0.2) is 24.9 Å². The topological polar surface area (TPSA) is 64.5 Å². The lowest BCUT2D eigenvalue weighted by Gasteiger charge is -2.18. The largest absolute Gasteiger partial charge is 0.237 e. The Bertz CT molecular complexity index is 3260. The minimum Gasteiger partial charge on any atom is -0.237 e. The molecule has 0 amide bonds. The summed E-state index contributed by atoms with van der Waals surface area (Å²) in [5.41, 5.74) is 6.00. The van der Waals surface area contributed by atoms with Gasteiger partial charge in [-0.2, -0.15) is 0 Å². The molecular weight excluding hydrogens is 683 g/mol. The highest BCUT2D eigenvalue weighted by Crippen LogP contribution is 2.44. The maximum absolute atomic E-state index is 5.38. The second-order valence-corrected chi connectivity index (χ2v) is 14.0. The molecule has 0 saturated heterocycles. The van der Waals surface area contributed by atoms with Gasteiger partial charge in [-0.25, -0.2) is 24.9 Å². The van der Waals surface area contributed by atoms with Gasteiger partial charge >= 0.3 is 0 Å². The van der Waals surface area contributed by atoms with E-state index in [1.165, 1.54) is 26.9 Å². The summed E-state index contributed by atoms with van der Waals surface area (Å²) in [6.07, 6.45) is 3.61. The van der Waals surface area contributed by atoms with E-state index in [9.17, 15) is 0 Å². The van der Waals surface area contributed by atoms with Crippen LogP contribution >= 0.6 is 0 Å². The minimum absolute atomic E-state index is 0.603. The Balaban J connectivity index is 1.22. The molecule has 0 aliphatic carbocycles. The average molecular weight is 714 g/mol. The van der Waals surface area contributed by atoms with Crippen molar-refractivity contribution in [1.82, 2.24) is 24.9 Å². The molecule has 0 bridgehead atoms. The minimum atomic E-state index is 0.603. The predicted octanol–water partition coefficient (Wildman–Crippen LogP) is 12.8. The number of fused-ring (bicyclic) bond motifs is 8. The highest BCUT2D eigenvalue weighted by atomic mass is 15.0. The third kappa shape index (κ3) is 5.21. The molecule has 9 aromatic carbocycles. The molecule has 11 aromatic rings. The van der Waals surface area contributed by atoms with E-state index in [4.69, 9.17) is 24.9 Å². The maximum Gasteiger partial charge on any atom is 0.165 e. The number of rotatable bonds is 5. The van der Waals surface area contributed by atoms with Crippen LogP contribution in [0.2, 0.25) is 0 Å². The lowest BCUT2D eigenvalue weighted by Crippen LogP contribution is -2.02. The van der Waals surface area contributed by atoms with Crippen molar-refractivity contribution >= 4 is 53.9 Å². The summed E-state index contributed by atoms with van der Waals surface area (Å²) >= 11 is 0. The molecule has 260 valence electrons. The van der Waals surface area contributed by atoms with Gasteiger partial charge in [-0.1, -0.05) is 158 Å². The number of benzene rings is 9. The summed E-state index contributed by atoms with van der Waals surface area (Å²) in [5, 5.41) is 11.3. The van der Waals surface area contributed by atoms with Gasteiger partial charge in [0.15, 0.2) is 23.3 Å². The normalized spacial score (nSPS) is 11.6. The quantitative estimate of drug-likeness (QED) is 0.131. The molecule has 56 heavy (non-hydrogen) atoms. The standard InChI is InChI=1S/C51H31N5/c1-3-14-32(15-4-1)34-24-27-43-45(30-34)47(50-52-28-13-29-53-50)42-23-12-11-22-41(42)46(43)51-55-48(33-16-5-2-6-17-33)54-49(56-51)35-25-26-40-38-20-8-7-18-36(38)37-19-9-10-21-39(37)44(40)31-35/h1-31H. The Hall–Kier alpha value is -7.63. The van der Waals surface area contributed by atoms with Crippen LogP contribution in [0, 0.1) is 0 Å². The zero-order chi connectivity index (χ0) is 37.0. The van der Waals surface area contributed by atoms with Gasteiger partial charge in [0.1, 0.15) is 0 Å². The number of hydrogen-bond acceptors (Lipinski definition) is 5. The van der Waals surface area contributed by atoms with Crippen LogP contribution in [0.4, 0.5) is 0 Å². The van der Waals surface area contributed by atoms with Gasteiger partial charge in [-0.05, 0) is 83.2 Å². The Kier molecular flexibility index (Phi) is 7.42. The Morgan fingerprint density at radius 1 is 0.232 bits per heavy atom. The first kappa shape index (κ1) is 31.9. The average Bonchev–Trinajstić information content (AvgIpc) is 3.28. The van der Waals surface area contributed by atoms with Gasteiger partial charge in [-0.15, -0.1) is 0 Å². The van der Waals surface area contributed by atoms with E-state index in [0.29, 0.717) is 23.3 Å². The SMILES string of the molecule is c1ccc(-c2ccc3c(-c4nc(-c5ccccc5)nc(-c5ccc6c7ccccc7c7ccccc7c6c5)n4)c4ccccc4c(-c4ncccn4)c3c2)cc1. The molecule has 0 fully saturated rings. The van der Waals surface area contributed by atoms with Gasteiger partial charge in [-0.3, -0.25) is 0 Å². The van der Waals surface area contributed by atoms with Gasteiger partial charge in [0.25, 0.3) is 0 Å². The summed E-state index contributed by atoms with van der Waals surface area (Å²) in [6, 6.07) is 61.5. The van der Waals surface area contributed by atoms with Crippen LogP contribution < -0.4 is 0 Å². The molecule has 11 rings (SSSR count). The molecule has 5 nitrogen and oxygen atoms in total. The zero-order valence-electron chi connectivity index (χ0n) is 30.1. The zero-order valence-corrected chi connectivity index (χ0v) is 30.1. The molecule has 0 N–H and O–H groups in total. The third-order valence-electron chi connectivity index (χ3n) is 10.8. The second-order valence-electron chi connectivity index (χ2n) is 14.0. The molecular formula is C51H31N5. The Morgan fingerprint density at radius 3 is 1.27 bits per heavy atom. The maximum atomic E-state index is 5.38. The van der Waals surface area contributed by atoms with E-state index in [1.54, 1.807) is 12.4 Å². The van der Waals surface area contributed by atoms with Crippen LogP contribution in [-0.2, 0) is 0 Å². The van der Waals surface area contributed by atoms with Crippen LogP contribution in [0.15, 0.2) is 188 Å². The summed E-state index contributed by atoms with van der Waals surface area (Å²) in [5.74, 6) is 2.50. The molecule has 0 spiro atoms. The van der Waals surface area contributed by atoms with Crippen molar-refractivity contribution in [3.05, 3.63) is 188 Å². The van der Waals surface area contributed by atoms with E-state index in [-0.39, 0.29) is 0 Å². The fourth-order valence-electron chi connectivity index (χ4n) is 8.28. The van der Waals surface area contributed by atoms with Crippen molar-refractivity contribution in [3.63, 3.8) is 0 Å². The van der Waals surface area contributed by atoms with E-state index in [0.717, 1.165) is 60.3 Å². The van der Waals surface area contributed by atoms with Crippen molar-refractivity contribution in [2.24, 2.45) is 0 Å². The van der Waals surface area contributed by atoms with Crippen LogP contribution in [0.5, 0.6) is 0 Å². The monoisotopic (exact) mass is 713 g/mol. The first-order valence-electron chi connectivity index (χ1n) is 18.8. The van der Waals surface area contributed by atoms with E-state index < -0.39 is 0 Å². The fourth-order valence-corrected chi connectivity index (χ4v) is 8.28. The van der Waals surface area contributed by atoms with Gasteiger partial charge in [0.05, 0.1) is 0 Å². The van der Waals surface area contributed by atoms with Crippen molar-refractivity contribution in [2.45, 2.75) is 0 Å². The molecule has 0 atom stereocenters. The highest BCUT2D eigenvalue weighted by molar-refractivity contribution is 6.26. The molecule has 2 heterocycles. The van der Waals surface area contributed by atoms with E-state index in [2.05, 4.69) is 146 Å².